The van der Waals surface area contributed by atoms with Gasteiger partial charge in [0.25, 0.3) is 0 Å². The maximum absolute atomic E-state index is 12.7. The van der Waals surface area contributed by atoms with E-state index >= 15 is 0 Å². The van der Waals surface area contributed by atoms with Gasteiger partial charge in [-0.05, 0) is 37.6 Å². The number of carbonyl (C=O) groups is 1. The number of halogens is 3. The van der Waals surface area contributed by atoms with E-state index in [9.17, 15) is 18.0 Å². The first-order valence-electron chi connectivity index (χ1n) is 6.91. The molecular formula is C13H21F3N2O. The summed E-state index contributed by atoms with van der Waals surface area (Å²) in [5, 5.41) is 0. The smallest absolute Gasteiger partial charge is 0.342 e. The number of nitrogens with two attached hydrogens (primary N) is 1. The third-order valence-corrected chi connectivity index (χ3v) is 4.61. The predicted molar refractivity (Wildman–Crippen MR) is 65.3 cm³/mol. The van der Waals surface area contributed by atoms with Crippen LogP contribution in [0.3, 0.4) is 0 Å². The van der Waals surface area contributed by atoms with Crippen LogP contribution in [0.15, 0.2) is 0 Å². The molecule has 1 saturated carbocycles. The number of rotatable bonds is 3. The molecule has 6 heteroatoms. The van der Waals surface area contributed by atoms with Gasteiger partial charge in [-0.2, -0.15) is 13.2 Å². The van der Waals surface area contributed by atoms with E-state index in [-0.39, 0.29) is 24.3 Å². The van der Waals surface area contributed by atoms with Gasteiger partial charge in [-0.1, -0.05) is 6.42 Å². The Balaban J connectivity index is 1.92. The molecule has 3 nitrogen and oxygen atoms in total. The average Bonchev–Trinajstić information content (AvgIpc) is 2.32. The van der Waals surface area contributed by atoms with E-state index in [0.717, 1.165) is 19.3 Å². The van der Waals surface area contributed by atoms with E-state index in [1.165, 1.54) is 4.90 Å². The summed E-state index contributed by atoms with van der Waals surface area (Å²) >= 11 is 0. The summed E-state index contributed by atoms with van der Waals surface area (Å²) in [6.45, 7) is 0.727. The molecule has 1 atom stereocenters. The van der Waals surface area contributed by atoms with E-state index < -0.39 is 12.1 Å². The van der Waals surface area contributed by atoms with Crippen molar-refractivity contribution in [3.8, 4) is 0 Å². The molecule has 2 rings (SSSR count). The summed E-state index contributed by atoms with van der Waals surface area (Å²) in [6, 6.07) is 0. The quantitative estimate of drug-likeness (QED) is 0.861. The fraction of sp³-hybridized carbons (Fsp3) is 0.923. The number of hydrogen-bond donors (Lipinski definition) is 1. The number of carbonyl (C=O) groups excluding carboxylic acids is 1. The zero-order valence-corrected chi connectivity index (χ0v) is 11.0. The molecule has 0 spiro atoms. The van der Waals surface area contributed by atoms with Crippen LogP contribution in [0.5, 0.6) is 0 Å². The van der Waals surface area contributed by atoms with Crippen LogP contribution in [-0.4, -0.2) is 36.6 Å². The van der Waals surface area contributed by atoms with Gasteiger partial charge in [-0.15, -0.1) is 0 Å². The minimum atomic E-state index is -4.19. The van der Waals surface area contributed by atoms with Crippen molar-refractivity contribution in [1.29, 1.82) is 0 Å². The van der Waals surface area contributed by atoms with Crippen molar-refractivity contribution in [1.82, 2.24) is 4.90 Å². The molecule has 2 N–H and O–H groups in total. The lowest BCUT2D eigenvalue weighted by molar-refractivity contribution is -0.188. The molecule has 2 fully saturated rings. The van der Waals surface area contributed by atoms with Gasteiger partial charge in [0.05, 0.1) is 5.92 Å². The van der Waals surface area contributed by atoms with Gasteiger partial charge < -0.3 is 10.6 Å². The number of alkyl halides is 3. The van der Waals surface area contributed by atoms with Gasteiger partial charge in [-0.3, -0.25) is 4.79 Å². The second-order valence-electron chi connectivity index (χ2n) is 5.95. The highest BCUT2D eigenvalue weighted by Crippen LogP contribution is 2.43. The maximum atomic E-state index is 12.7. The minimum absolute atomic E-state index is 0.134. The fourth-order valence-corrected chi connectivity index (χ4v) is 3.03. The van der Waals surface area contributed by atoms with Crippen molar-refractivity contribution >= 4 is 5.91 Å². The highest BCUT2D eigenvalue weighted by Gasteiger charge is 2.44. The largest absolute Gasteiger partial charge is 0.393 e. The highest BCUT2D eigenvalue weighted by atomic mass is 19.4. The number of hydrogen-bond acceptors (Lipinski definition) is 2. The van der Waals surface area contributed by atoms with Crippen molar-refractivity contribution in [2.45, 2.75) is 44.7 Å². The Hall–Kier alpha value is -0.780. The van der Waals surface area contributed by atoms with Crippen molar-refractivity contribution < 1.29 is 18.0 Å². The van der Waals surface area contributed by atoms with Gasteiger partial charge in [0.2, 0.25) is 5.91 Å². The molecule has 0 aromatic carbocycles. The number of nitrogens with zero attached hydrogens (tertiary/aromatic N) is 1. The van der Waals surface area contributed by atoms with Gasteiger partial charge in [0, 0.05) is 19.5 Å². The Bertz CT molecular complexity index is 334. The summed E-state index contributed by atoms with van der Waals surface area (Å²) in [7, 11) is 0. The molecule has 0 aromatic rings. The summed E-state index contributed by atoms with van der Waals surface area (Å²) in [5.74, 6) is -1.51. The van der Waals surface area contributed by atoms with Crippen LogP contribution in [0.25, 0.3) is 0 Å². The standard InChI is InChI=1S/C13H21F3N2O/c14-13(15,16)10-3-1-6-18(8-10)11(19)7-12(9-17)4-2-5-12/h10H,1-9,17H2. The van der Waals surface area contributed by atoms with Gasteiger partial charge in [0.15, 0.2) is 0 Å². The fourth-order valence-electron chi connectivity index (χ4n) is 3.03. The molecule has 1 amide bonds. The van der Waals surface area contributed by atoms with Gasteiger partial charge in [-0.25, -0.2) is 0 Å². The SMILES string of the molecule is NCC1(CC(=O)N2CCCC(C(F)(F)F)C2)CCC1. The molecule has 110 valence electrons. The molecule has 0 bridgehead atoms. The van der Waals surface area contributed by atoms with Crippen LogP contribution in [0.1, 0.15) is 38.5 Å². The first-order valence-corrected chi connectivity index (χ1v) is 6.91. The lowest BCUT2D eigenvalue weighted by Gasteiger charge is -2.42. The van der Waals surface area contributed by atoms with Gasteiger partial charge >= 0.3 is 6.18 Å². The van der Waals surface area contributed by atoms with Crippen LogP contribution < -0.4 is 5.73 Å². The highest BCUT2D eigenvalue weighted by molar-refractivity contribution is 5.77. The summed E-state index contributed by atoms with van der Waals surface area (Å²) in [6.07, 6.45) is -0.400. The van der Waals surface area contributed by atoms with Crippen LogP contribution >= 0.6 is 0 Å². The molecule has 1 saturated heterocycles. The first-order chi connectivity index (χ1) is 8.86. The number of amides is 1. The van der Waals surface area contributed by atoms with Crippen molar-refractivity contribution in [2.24, 2.45) is 17.1 Å². The predicted octanol–water partition coefficient (Wildman–Crippen LogP) is 2.31. The number of likely N-dealkylation sites (tertiary alicyclic amines) is 1. The van der Waals surface area contributed by atoms with Crippen molar-refractivity contribution in [3.63, 3.8) is 0 Å². The van der Waals surface area contributed by atoms with Crippen LogP contribution in [0.4, 0.5) is 13.2 Å². The molecule has 1 unspecified atom stereocenters. The molecule has 1 aliphatic heterocycles. The molecule has 1 heterocycles. The Morgan fingerprint density at radius 2 is 2.00 bits per heavy atom. The normalized spacial score (nSPS) is 26.9. The Labute approximate surface area is 111 Å². The first kappa shape index (κ1) is 14.6. The van der Waals surface area contributed by atoms with E-state index in [0.29, 0.717) is 25.9 Å². The topological polar surface area (TPSA) is 46.3 Å². The third-order valence-electron chi connectivity index (χ3n) is 4.61. The Morgan fingerprint density at radius 1 is 1.32 bits per heavy atom. The minimum Gasteiger partial charge on any atom is -0.342 e. The average molecular weight is 278 g/mol. The second-order valence-corrected chi connectivity index (χ2v) is 5.95. The van der Waals surface area contributed by atoms with E-state index in [4.69, 9.17) is 5.73 Å². The van der Waals surface area contributed by atoms with Crippen LogP contribution in [-0.2, 0) is 4.79 Å². The second kappa shape index (κ2) is 5.31. The molecule has 0 aromatic heterocycles. The summed E-state index contributed by atoms with van der Waals surface area (Å²) in [4.78, 5) is 13.5. The zero-order chi connectivity index (χ0) is 14.1. The van der Waals surface area contributed by atoms with Crippen LogP contribution in [0.2, 0.25) is 0 Å². The van der Waals surface area contributed by atoms with E-state index in [2.05, 4.69) is 0 Å². The maximum Gasteiger partial charge on any atom is 0.393 e. The summed E-state index contributed by atoms with van der Waals surface area (Å²) in [5.41, 5.74) is 5.56. The van der Waals surface area contributed by atoms with Crippen molar-refractivity contribution in [2.75, 3.05) is 19.6 Å². The number of piperidine rings is 1. The van der Waals surface area contributed by atoms with Gasteiger partial charge in [0.1, 0.15) is 0 Å². The van der Waals surface area contributed by atoms with Crippen molar-refractivity contribution in [3.05, 3.63) is 0 Å². The monoisotopic (exact) mass is 278 g/mol. The van der Waals surface area contributed by atoms with Crippen LogP contribution in [0, 0.1) is 11.3 Å². The van der Waals surface area contributed by atoms with E-state index in [1.807, 2.05) is 0 Å². The molecular weight excluding hydrogens is 257 g/mol. The lowest BCUT2D eigenvalue weighted by Crippen LogP contribution is -2.48. The van der Waals surface area contributed by atoms with E-state index in [1.54, 1.807) is 0 Å². The molecule has 19 heavy (non-hydrogen) atoms. The Morgan fingerprint density at radius 3 is 2.47 bits per heavy atom. The lowest BCUT2D eigenvalue weighted by atomic mass is 9.66. The third kappa shape index (κ3) is 3.22. The Kier molecular flexibility index (Phi) is 4.08. The molecule has 0 radical (unpaired) electrons. The molecule has 1 aliphatic carbocycles. The molecule has 2 aliphatic rings. The zero-order valence-electron chi connectivity index (χ0n) is 11.0. The summed E-state index contributed by atoms with van der Waals surface area (Å²) < 4.78 is 38.1.